The summed E-state index contributed by atoms with van der Waals surface area (Å²) in [6, 6.07) is 0.471. The van der Waals surface area contributed by atoms with Gasteiger partial charge in [0.25, 0.3) is 0 Å². The molecule has 0 aromatic carbocycles. The Bertz CT molecular complexity index is 120. The fourth-order valence-corrected chi connectivity index (χ4v) is 2.28. The van der Waals surface area contributed by atoms with Crippen LogP contribution in [0.1, 0.15) is 40.0 Å². The maximum Gasteiger partial charge on any atom is 0.00721 e. The molecule has 2 N–H and O–H groups in total. The molecule has 0 spiro atoms. The third kappa shape index (κ3) is 2.19. The van der Waals surface area contributed by atoms with E-state index in [1.165, 1.54) is 19.3 Å². The van der Waals surface area contributed by atoms with Gasteiger partial charge in [-0.2, -0.15) is 0 Å². The number of rotatable bonds is 1. The highest BCUT2D eigenvalue weighted by Gasteiger charge is 2.27. The number of nitrogens with two attached hydrogens (primary N) is 1. The van der Waals surface area contributed by atoms with Gasteiger partial charge in [0, 0.05) is 6.04 Å². The maximum absolute atomic E-state index is 6.07. The highest BCUT2D eigenvalue weighted by Crippen LogP contribution is 2.31. The van der Waals surface area contributed by atoms with Crippen molar-refractivity contribution in [2.45, 2.75) is 46.1 Å². The van der Waals surface area contributed by atoms with Crippen LogP contribution in [0.4, 0.5) is 0 Å². The van der Waals surface area contributed by atoms with Crippen molar-refractivity contribution in [1.29, 1.82) is 0 Å². The normalized spacial score (nSPS) is 39.5. The quantitative estimate of drug-likeness (QED) is 0.618. The molecule has 0 aliphatic heterocycles. The average molecular weight is 155 g/mol. The molecule has 0 aromatic rings. The van der Waals surface area contributed by atoms with E-state index in [9.17, 15) is 0 Å². The van der Waals surface area contributed by atoms with Gasteiger partial charge in [0.05, 0.1) is 0 Å². The molecule has 1 aliphatic rings. The third-order valence-electron chi connectivity index (χ3n) is 3.07. The van der Waals surface area contributed by atoms with Crippen LogP contribution < -0.4 is 5.73 Å². The lowest BCUT2D eigenvalue weighted by molar-refractivity contribution is 0.199. The summed E-state index contributed by atoms with van der Waals surface area (Å²) in [6.07, 6.45) is 3.97. The van der Waals surface area contributed by atoms with Crippen molar-refractivity contribution < 1.29 is 0 Å². The zero-order valence-electron chi connectivity index (χ0n) is 8.01. The van der Waals surface area contributed by atoms with Gasteiger partial charge in [-0.05, 0) is 30.6 Å². The molecular weight excluding hydrogens is 134 g/mol. The molecular formula is C10H21N. The molecule has 1 nitrogen and oxygen atoms in total. The molecule has 3 atom stereocenters. The van der Waals surface area contributed by atoms with Gasteiger partial charge >= 0.3 is 0 Å². The Labute approximate surface area is 70.4 Å². The zero-order chi connectivity index (χ0) is 8.43. The van der Waals surface area contributed by atoms with Crippen molar-refractivity contribution in [2.75, 3.05) is 0 Å². The van der Waals surface area contributed by atoms with Crippen LogP contribution in [0.25, 0.3) is 0 Å². The van der Waals surface area contributed by atoms with Gasteiger partial charge in [0.15, 0.2) is 0 Å². The monoisotopic (exact) mass is 155 g/mol. The minimum absolute atomic E-state index is 0.471. The third-order valence-corrected chi connectivity index (χ3v) is 3.07. The molecule has 0 heterocycles. The Balaban J connectivity index is 2.44. The summed E-state index contributed by atoms with van der Waals surface area (Å²) < 4.78 is 0. The molecule has 11 heavy (non-hydrogen) atoms. The standard InChI is InChI=1S/C10H21N/c1-7(2)9-5-4-8(3)6-10(9)11/h7-10H,4-6,11H2,1-3H3/t8-,9+,10+/m0/s1. The molecule has 0 saturated heterocycles. The van der Waals surface area contributed by atoms with Crippen molar-refractivity contribution in [3.63, 3.8) is 0 Å². The van der Waals surface area contributed by atoms with Crippen molar-refractivity contribution in [3.8, 4) is 0 Å². The smallest absolute Gasteiger partial charge is 0.00721 e. The maximum atomic E-state index is 6.07. The van der Waals surface area contributed by atoms with E-state index < -0.39 is 0 Å². The largest absolute Gasteiger partial charge is 0.327 e. The summed E-state index contributed by atoms with van der Waals surface area (Å²) in [5, 5.41) is 0. The van der Waals surface area contributed by atoms with Crippen LogP contribution in [0, 0.1) is 17.8 Å². The predicted octanol–water partition coefficient (Wildman–Crippen LogP) is 2.41. The van der Waals surface area contributed by atoms with Gasteiger partial charge in [0.1, 0.15) is 0 Å². The predicted molar refractivity (Wildman–Crippen MR) is 49.3 cm³/mol. The summed E-state index contributed by atoms with van der Waals surface area (Å²) in [7, 11) is 0. The Morgan fingerprint density at radius 3 is 2.36 bits per heavy atom. The van der Waals surface area contributed by atoms with Crippen molar-refractivity contribution >= 4 is 0 Å². The second-order valence-corrected chi connectivity index (χ2v) is 4.49. The SMILES string of the molecule is CC(C)[C@H]1CC[C@H](C)C[C@H]1N. The van der Waals surface area contributed by atoms with E-state index in [0.717, 1.165) is 17.8 Å². The molecule has 1 rings (SSSR count). The van der Waals surface area contributed by atoms with Gasteiger partial charge in [-0.3, -0.25) is 0 Å². The molecule has 1 heteroatoms. The molecule has 0 radical (unpaired) electrons. The van der Waals surface area contributed by atoms with E-state index in [1.54, 1.807) is 0 Å². The average Bonchev–Trinajstić information content (AvgIpc) is 1.85. The second kappa shape index (κ2) is 3.57. The Morgan fingerprint density at radius 2 is 1.91 bits per heavy atom. The van der Waals surface area contributed by atoms with Gasteiger partial charge in [-0.15, -0.1) is 0 Å². The summed E-state index contributed by atoms with van der Waals surface area (Å²) in [5.41, 5.74) is 6.07. The van der Waals surface area contributed by atoms with E-state index in [1.807, 2.05) is 0 Å². The summed E-state index contributed by atoms with van der Waals surface area (Å²) in [4.78, 5) is 0. The molecule has 0 unspecified atom stereocenters. The first kappa shape index (κ1) is 9.05. The first-order valence-corrected chi connectivity index (χ1v) is 4.87. The van der Waals surface area contributed by atoms with Crippen LogP contribution in [-0.2, 0) is 0 Å². The van der Waals surface area contributed by atoms with Crippen LogP contribution >= 0.6 is 0 Å². The highest BCUT2D eigenvalue weighted by atomic mass is 14.7. The summed E-state index contributed by atoms with van der Waals surface area (Å²) >= 11 is 0. The fraction of sp³-hybridized carbons (Fsp3) is 1.00. The first-order valence-electron chi connectivity index (χ1n) is 4.87. The van der Waals surface area contributed by atoms with E-state index in [-0.39, 0.29) is 0 Å². The Kier molecular flexibility index (Phi) is 2.94. The van der Waals surface area contributed by atoms with E-state index in [0.29, 0.717) is 6.04 Å². The Morgan fingerprint density at radius 1 is 1.27 bits per heavy atom. The zero-order valence-corrected chi connectivity index (χ0v) is 8.01. The van der Waals surface area contributed by atoms with Crippen LogP contribution in [0.5, 0.6) is 0 Å². The second-order valence-electron chi connectivity index (χ2n) is 4.49. The highest BCUT2D eigenvalue weighted by molar-refractivity contribution is 4.82. The van der Waals surface area contributed by atoms with E-state index in [2.05, 4.69) is 20.8 Å². The van der Waals surface area contributed by atoms with E-state index >= 15 is 0 Å². The van der Waals surface area contributed by atoms with Gasteiger partial charge in [-0.25, -0.2) is 0 Å². The lowest BCUT2D eigenvalue weighted by Crippen LogP contribution is -2.38. The lowest BCUT2D eigenvalue weighted by atomic mass is 9.74. The molecule has 0 bridgehead atoms. The van der Waals surface area contributed by atoms with Gasteiger partial charge in [-0.1, -0.05) is 27.2 Å². The van der Waals surface area contributed by atoms with Crippen LogP contribution in [0.2, 0.25) is 0 Å². The lowest BCUT2D eigenvalue weighted by Gasteiger charge is -2.34. The molecule has 0 amide bonds. The molecule has 0 aromatic heterocycles. The Hall–Kier alpha value is -0.0400. The van der Waals surface area contributed by atoms with Gasteiger partial charge < -0.3 is 5.73 Å². The number of hydrogen-bond donors (Lipinski definition) is 1. The van der Waals surface area contributed by atoms with Crippen LogP contribution in [-0.4, -0.2) is 6.04 Å². The topological polar surface area (TPSA) is 26.0 Å². The summed E-state index contributed by atoms with van der Waals surface area (Å²) in [5.74, 6) is 2.42. The minimum Gasteiger partial charge on any atom is -0.327 e. The molecule has 1 saturated carbocycles. The van der Waals surface area contributed by atoms with Crippen LogP contribution in [0.15, 0.2) is 0 Å². The summed E-state index contributed by atoms with van der Waals surface area (Å²) in [6.45, 7) is 6.90. The fourth-order valence-electron chi connectivity index (χ4n) is 2.28. The van der Waals surface area contributed by atoms with Gasteiger partial charge in [0.2, 0.25) is 0 Å². The molecule has 66 valence electrons. The van der Waals surface area contributed by atoms with Crippen LogP contribution in [0.3, 0.4) is 0 Å². The molecule has 1 fully saturated rings. The first-order chi connectivity index (χ1) is 5.11. The van der Waals surface area contributed by atoms with Crippen molar-refractivity contribution in [3.05, 3.63) is 0 Å². The number of hydrogen-bond acceptors (Lipinski definition) is 1. The minimum atomic E-state index is 0.471. The van der Waals surface area contributed by atoms with Crippen molar-refractivity contribution in [1.82, 2.24) is 0 Å². The van der Waals surface area contributed by atoms with Crippen molar-refractivity contribution in [2.24, 2.45) is 23.5 Å². The molecule has 1 aliphatic carbocycles. The van der Waals surface area contributed by atoms with E-state index in [4.69, 9.17) is 5.73 Å².